The maximum Gasteiger partial charge on any atom is 0.209 e. The smallest absolute Gasteiger partial charge is 0.209 e. The molecule has 4 aromatic rings. The van der Waals surface area contributed by atoms with Crippen LogP contribution in [0, 0.1) is 17.1 Å². The average molecular weight is 469 g/mol. The minimum atomic E-state index is -0.397. The summed E-state index contributed by atoms with van der Waals surface area (Å²) in [5, 5.41) is 22.3. The van der Waals surface area contributed by atoms with E-state index in [2.05, 4.69) is 44.7 Å². The van der Waals surface area contributed by atoms with Gasteiger partial charge in [-0.15, -0.1) is 10.2 Å². The summed E-state index contributed by atoms with van der Waals surface area (Å²) >= 11 is 0. The molecular formula is C27H25FN6O. The van der Waals surface area contributed by atoms with Crippen molar-refractivity contribution in [1.29, 1.82) is 5.26 Å². The van der Waals surface area contributed by atoms with Crippen LogP contribution in [0.1, 0.15) is 5.56 Å². The zero-order chi connectivity index (χ0) is 24.6. The average Bonchev–Trinajstić information content (AvgIpc) is 2.93. The monoisotopic (exact) mass is 468 g/mol. The fourth-order valence-electron chi connectivity index (χ4n) is 3.96. The molecule has 1 aliphatic rings. The third-order valence-corrected chi connectivity index (χ3v) is 5.85. The predicted molar refractivity (Wildman–Crippen MR) is 135 cm³/mol. The highest BCUT2D eigenvalue weighted by Crippen LogP contribution is 2.31. The number of rotatable bonds is 4. The van der Waals surface area contributed by atoms with Crippen LogP contribution >= 0.6 is 0 Å². The second-order valence-corrected chi connectivity index (χ2v) is 7.97. The maximum atomic E-state index is 12.8. The third-order valence-electron chi connectivity index (χ3n) is 5.85. The van der Waals surface area contributed by atoms with Crippen molar-refractivity contribution in [3.63, 3.8) is 0 Å². The van der Waals surface area contributed by atoms with Crippen LogP contribution in [0.4, 0.5) is 15.9 Å². The molecule has 0 spiro atoms. The highest BCUT2D eigenvalue weighted by atomic mass is 19.1. The van der Waals surface area contributed by atoms with Crippen LogP contribution in [0.2, 0.25) is 0 Å². The molecule has 176 valence electrons. The van der Waals surface area contributed by atoms with E-state index < -0.39 is 5.82 Å². The van der Waals surface area contributed by atoms with Crippen molar-refractivity contribution in [2.24, 2.45) is 0 Å². The lowest BCUT2D eigenvalue weighted by atomic mass is 10.0. The first kappa shape index (κ1) is 23.6. The van der Waals surface area contributed by atoms with Crippen LogP contribution in [-0.4, -0.2) is 54.7 Å². The van der Waals surface area contributed by atoms with Gasteiger partial charge >= 0.3 is 0 Å². The molecule has 1 N–H and O–H groups in total. The minimum Gasteiger partial charge on any atom is -0.386 e. The van der Waals surface area contributed by atoms with Crippen molar-refractivity contribution >= 4 is 28.7 Å². The molecule has 1 fully saturated rings. The lowest BCUT2D eigenvalue weighted by Gasteiger charge is -2.33. The zero-order valence-corrected chi connectivity index (χ0v) is 19.4. The number of benzene rings is 3. The Kier molecular flexibility index (Phi) is 7.48. The lowest BCUT2D eigenvalue weighted by molar-refractivity contribution is -0.118. The van der Waals surface area contributed by atoms with Crippen LogP contribution in [-0.2, 0) is 4.79 Å². The summed E-state index contributed by atoms with van der Waals surface area (Å²) in [5.74, 6) is 0.502. The van der Waals surface area contributed by atoms with Crippen molar-refractivity contribution in [1.82, 2.24) is 15.1 Å². The minimum absolute atomic E-state index is 0.335. The number of aromatic nitrogens is 2. The van der Waals surface area contributed by atoms with E-state index in [0.717, 1.165) is 60.4 Å². The van der Waals surface area contributed by atoms with Gasteiger partial charge in [-0.2, -0.15) is 5.26 Å². The number of carbonyl (C=O) groups is 1. The van der Waals surface area contributed by atoms with Gasteiger partial charge in [-0.1, -0.05) is 54.6 Å². The first-order valence-electron chi connectivity index (χ1n) is 11.3. The van der Waals surface area contributed by atoms with Gasteiger partial charge in [0.25, 0.3) is 0 Å². The molecule has 5 rings (SSSR count). The molecule has 8 heteroatoms. The summed E-state index contributed by atoms with van der Waals surface area (Å²) in [4.78, 5) is 14.9. The molecule has 1 aromatic heterocycles. The van der Waals surface area contributed by atoms with E-state index in [9.17, 15) is 9.18 Å². The van der Waals surface area contributed by atoms with E-state index >= 15 is 0 Å². The van der Waals surface area contributed by atoms with Gasteiger partial charge in [-0.25, -0.2) is 4.39 Å². The quantitative estimate of drug-likeness (QED) is 0.449. The van der Waals surface area contributed by atoms with E-state index in [-0.39, 0.29) is 0 Å². The first-order chi connectivity index (χ1) is 17.1. The molecule has 0 atom stereocenters. The van der Waals surface area contributed by atoms with Crippen LogP contribution in [0.25, 0.3) is 22.0 Å². The number of fused-ring (bicyclic) bond motifs is 1. The zero-order valence-electron chi connectivity index (χ0n) is 19.4. The molecule has 0 saturated carbocycles. The van der Waals surface area contributed by atoms with E-state index in [0.29, 0.717) is 11.3 Å². The fraction of sp³-hybridized carbons (Fsp3) is 0.185. The van der Waals surface area contributed by atoms with Crippen molar-refractivity contribution in [3.8, 4) is 17.3 Å². The summed E-state index contributed by atoms with van der Waals surface area (Å²) in [7, 11) is 1.63. The van der Waals surface area contributed by atoms with E-state index in [4.69, 9.17) is 5.26 Å². The number of amides is 1. The molecule has 1 saturated heterocycles. The number of nitriles is 1. The van der Waals surface area contributed by atoms with Gasteiger partial charge in [0, 0.05) is 49.6 Å². The van der Waals surface area contributed by atoms with Gasteiger partial charge in [-0.05, 0) is 18.2 Å². The maximum absolute atomic E-state index is 12.8. The number of anilines is 2. The summed E-state index contributed by atoms with van der Waals surface area (Å²) < 4.78 is 12.8. The Morgan fingerprint density at radius 1 is 0.943 bits per heavy atom. The van der Waals surface area contributed by atoms with Gasteiger partial charge in [-0.3, -0.25) is 4.79 Å². The normalized spacial score (nSPS) is 12.9. The predicted octanol–water partition coefficient (Wildman–Crippen LogP) is 4.31. The van der Waals surface area contributed by atoms with Crippen LogP contribution in [0.3, 0.4) is 0 Å². The number of halogens is 1. The molecular weight excluding hydrogens is 443 g/mol. The van der Waals surface area contributed by atoms with E-state index in [1.54, 1.807) is 18.0 Å². The SMILES string of the molecule is CNc1ccc(C#N)cc1F.O=CN1CCN(c2nnc(-c3ccccc3)c3ccccc23)CC1. The van der Waals surface area contributed by atoms with Gasteiger partial charge in [0.15, 0.2) is 5.82 Å². The molecule has 35 heavy (non-hydrogen) atoms. The summed E-state index contributed by atoms with van der Waals surface area (Å²) in [6, 6.07) is 24.5. The topological polar surface area (TPSA) is 85.2 Å². The second-order valence-electron chi connectivity index (χ2n) is 7.97. The Morgan fingerprint density at radius 2 is 1.63 bits per heavy atom. The molecule has 0 aliphatic carbocycles. The van der Waals surface area contributed by atoms with Crippen molar-refractivity contribution in [2.45, 2.75) is 0 Å². The molecule has 1 aliphatic heterocycles. The molecule has 3 aromatic carbocycles. The number of nitrogens with one attached hydrogen (secondary N) is 1. The van der Waals surface area contributed by atoms with Crippen LogP contribution in [0.5, 0.6) is 0 Å². The number of piperazine rings is 1. The summed E-state index contributed by atoms with van der Waals surface area (Å²) in [5.41, 5.74) is 2.71. The number of hydrogen-bond donors (Lipinski definition) is 1. The van der Waals surface area contributed by atoms with E-state index in [1.807, 2.05) is 36.4 Å². The number of nitrogens with zero attached hydrogens (tertiary/aromatic N) is 5. The Labute approximate surface area is 203 Å². The Balaban J connectivity index is 0.000000221. The Hall–Kier alpha value is -4.51. The molecule has 0 bridgehead atoms. The van der Waals surface area contributed by atoms with Crippen LogP contribution < -0.4 is 10.2 Å². The highest BCUT2D eigenvalue weighted by Gasteiger charge is 2.20. The van der Waals surface area contributed by atoms with Crippen molar-refractivity contribution < 1.29 is 9.18 Å². The highest BCUT2D eigenvalue weighted by molar-refractivity contribution is 6.00. The molecule has 0 unspecified atom stereocenters. The standard InChI is InChI=1S/C19H18N4O.C8H7FN2/c24-14-22-10-12-23(13-11-22)19-17-9-5-4-8-16(17)18(20-21-19)15-6-2-1-3-7-15;1-11-8-3-2-6(5-10)4-7(8)9/h1-9,14H,10-13H2;2-4,11H,1H3. The molecule has 7 nitrogen and oxygen atoms in total. The van der Waals surface area contributed by atoms with Crippen molar-refractivity contribution in [2.75, 3.05) is 43.4 Å². The molecule has 1 amide bonds. The largest absolute Gasteiger partial charge is 0.386 e. The molecule has 0 radical (unpaired) electrons. The van der Waals surface area contributed by atoms with E-state index in [1.165, 1.54) is 12.1 Å². The van der Waals surface area contributed by atoms with Gasteiger partial charge in [0.2, 0.25) is 6.41 Å². The summed E-state index contributed by atoms with van der Waals surface area (Å²) in [6.07, 6.45) is 0.916. The number of hydrogen-bond acceptors (Lipinski definition) is 6. The van der Waals surface area contributed by atoms with Gasteiger partial charge in [0.1, 0.15) is 11.5 Å². The fourth-order valence-corrected chi connectivity index (χ4v) is 3.96. The van der Waals surface area contributed by atoms with Crippen LogP contribution in [0.15, 0.2) is 72.8 Å². The third kappa shape index (κ3) is 5.36. The first-order valence-corrected chi connectivity index (χ1v) is 11.3. The van der Waals surface area contributed by atoms with Gasteiger partial charge in [0.05, 0.1) is 17.3 Å². The second kappa shape index (κ2) is 11.1. The molecule has 2 heterocycles. The van der Waals surface area contributed by atoms with Crippen molar-refractivity contribution in [3.05, 3.63) is 84.2 Å². The number of carbonyl (C=O) groups excluding carboxylic acids is 1. The Morgan fingerprint density at radius 3 is 2.26 bits per heavy atom. The Bertz CT molecular complexity index is 1350. The van der Waals surface area contributed by atoms with Gasteiger partial charge < -0.3 is 15.1 Å². The lowest BCUT2D eigenvalue weighted by Crippen LogP contribution is -2.46. The summed E-state index contributed by atoms with van der Waals surface area (Å²) in [6.45, 7) is 3.00.